The Morgan fingerprint density at radius 1 is 1.03 bits per heavy atom. The van der Waals surface area contributed by atoms with E-state index in [1.54, 1.807) is 21.2 Å². The number of nitrogens with zero attached hydrogens (tertiary/aromatic N) is 4. The Bertz CT molecular complexity index is 1170. The molecule has 0 fully saturated rings. The number of amides is 2. The number of hydrogen-bond acceptors (Lipinski definition) is 5. The molecule has 0 saturated heterocycles. The number of rotatable bonds is 8. The van der Waals surface area contributed by atoms with Crippen LogP contribution in [0.5, 0.6) is 0 Å². The van der Waals surface area contributed by atoms with E-state index in [1.165, 1.54) is 11.3 Å². The second-order valence-electron chi connectivity index (χ2n) is 6.98. The molecule has 7 nitrogen and oxygen atoms in total. The number of hydrogen-bond donors (Lipinski definition) is 1. The van der Waals surface area contributed by atoms with Gasteiger partial charge in [0.15, 0.2) is 0 Å². The number of aromatic nitrogens is 3. The molecule has 0 saturated carbocycles. The molecule has 31 heavy (non-hydrogen) atoms. The number of carbonyl (C=O) groups is 2. The molecular formula is C23H21N5O2S. The Hall–Kier alpha value is -3.78. The van der Waals surface area contributed by atoms with Crippen molar-refractivity contribution in [2.75, 3.05) is 6.54 Å². The molecule has 4 aromatic rings. The van der Waals surface area contributed by atoms with Crippen molar-refractivity contribution in [3.63, 3.8) is 0 Å². The monoisotopic (exact) mass is 431 g/mol. The minimum absolute atomic E-state index is 0.0966. The lowest BCUT2D eigenvalue weighted by Crippen LogP contribution is -2.33. The zero-order valence-corrected chi connectivity index (χ0v) is 17.5. The number of para-hydroxylation sites is 1. The Morgan fingerprint density at radius 3 is 2.45 bits per heavy atom. The topological polar surface area (TPSA) is 94.1 Å². The lowest BCUT2D eigenvalue weighted by Gasteiger charge is -2.21. The summed E-state index contributed by atoms with van der Waals surface area (Å²) < 4.78 is 1.77. The number of benzene rings is 2. The molecule has 156 valence electrons. The average Bonchev–Trinajstić information content (AvgIpc) is 3.47. The van der Waals surface area contributed by atoms with Crippen molar-refractivity contribution in [1.29, 1.82) is 0 Å². The van der Waals surface area contributed by atoms with E-state index in [0.717, 1.165) is 16.8 Å². The van der Waals surface area contributed by atoms with Gasteiger partial charge < -0.3 is 10.6 Å². The maximum absolute atomic E-state index is 13.1. The maximum atomic E-state index is 13.1. The molecule has 2 N–H and O–H groups in total. The molecule has 2 aromatic heterocycles. The molecule has 2 aromatic carbocycles. The predicted octanol–water partition coefficient (Wildman–Crippen LogP) is 3.51. The lowest BCUT2D eigenvalue weighted by molar-refractivity contribution is -0.118. The van der Waals surface area contributed by atoms with Gasteiger partial charge in [-0.2, -0.15) is 5.10 Å². The molecule has 0 spiro atoms. The number of carbonyl (C=O) groups excluding carboxylic acids is 2. The van der Waals surface area contributed by atoms with E-state index >= 15 is 0 Å². The average molecular weight is 432 g/mol. The second kappa shape index (κ2) is 9.36. The van der Waals surface area contributed by atoms with Gasteiger partial charge in [-0.15, -0.1) is 11.3 Å². The Kier molecular flexibility index (Phi) is 6.18. The highest BCUT2D eigenvalue weighted by Crippen LogP contribution is 2.25. The van der Waals surface area contributed by atoms with Crippen LogP contribution in [0.3, 0.4) is 0 Å². The first-order valence-electron chi connectivity index (χ1n) is 9.77. The van der Waals surface area contributed by atoms with Gasteiger partial charge in [-0.25, -0.2) is 9.67 Å². The molecule has 0 radical (unpaired) electrons. The van der Waals surface area contributed by atoms with Gasteiger partial charge in [0, 0.05) is 36.7 Å². The zero-order valence-electron chi connectivity index (χ0n) is 16.7. The summed E-state index contributed by atoms with van der Waals surface area (Å²) in [6.07, 6.45) is 3.71. The first-order chi connectivity index (χ1) is 15.1. The zero-order chi connectivity index (χ0) is 21.6. The van der Waals surface area contributed by atoms with Gasteiger partial charge in [0.1, 0.15) is 10.7 Å². The molecule has 4 rings (SSSR count). The van der Waals surface area contributed by atoms with Crippen LogP contribution in [0.4, 0.5) is 0 Å². The standard InChI is InChI=1S/C23H21N5O2S/c24-21(29)11-12-27(14-17-7-3-1-4-8-17)23(30)20-16-31-22(26-20)18-13-25-28(15-18)19-9-5-2-6-10-19/h1-10,13,15-16H,11-12,14H2,(H2,24,29). The summed E-state index contributed by atoms with van der Waals surface area (Å²) in [5.41, 5.74) is 8.40. The van der Waals surface area contributed by atoms with E-state index in [0.29, 0.717) is 17.2 Å². The molecule has 2 heterocycles. The van der Waals surface area contributed by atoms with Gasteiger partial charge in [-0.1, -0.05) is 48.5 Å². The van der Waals surface area contributed by atoms with Crippen LogP contribution in [0, 0.1) is 0 Å². The van der Waals surface area contributed by atoms with Gasteiger partial charge in [-0.3, -0.25) is 9.59 Å². The van der Waals surface area contributed by atoms with E-state index in [2.05, 4.69) is 10.1 Å². The largest absolute Gasteiger partial charge is 0.370 e. The number of thiazole rings is 1. The Balaban J connectivity index is 1.53. The summed E-state index contributed by atoms with van der Waals surface area (Å²) in [6.45, 7) is 0.619. The summed E-state index contributed by atoms with van der Waals surface area (Å²) in [5.74, 6) is -0.679. The fraction of sp³-hybridized carbons (Fsp3) is 0.130. The van der Waals surface area contributed by atoms with Crippen LogP contribution < -0.4 is 5.73 Å². The van der Waals surface area contributed by atoms with Crippen molar-refractivity contribution in [3.05, 3.63) is 89.7 Å². The van der Waals surface area contributed by atoms with Crippen LogP contribution in [-0.4, -0.2) is 38.0 Å². The summed E-state index contributed by atoms with van der Waals surface area (Å²) in [5, 5.41) is 6.84. The van der Waals surface area contributed by atoms with Crippen molar-refractivity contribution < 1.29 is 9.59 Å². The van der Waals surface area contributed by atoms with Gasteiger partial charge in [-0.05, 0) is 17.7 Å². The third kappa shape index (κ3) is 5.04. The van der Waals surface area contributed by atoms with E-state index in [1.807, 2.05) is 66.9 Å². The number of primary amides is 1. The maximum Gasteiger partial charge on any atom is 0.273 e. The quantitative estimate of drug-likeness (QED) is 0.462. The third-order valence-electron chi connectivity index (χ3n) is 4.71. The summed E-state index contributed by atoms with van der Waals surface area (Å²) >= 11 is 1.38. The molecule has 0 atom stereocenters. The van der Waals surface area contributed by atoms with Crippen molar-refractivity contribution in [1.82, 2.24) is 19.7 Å². The van der Waals surface area contributed by atoms with Crippen LogP contribution in [0.2, 0.25) is 0 Å². The van der Waals surface area contributed by atoms with Crippen molar-refractivity contribution >= 4 is 23.2 Å². The third-order valence-corrected chi connectivity index (χ3v) is 5.60. The molecule has 0 aliphatic carbocycles. The first kappa shape index (κ1) is 20.5. The van der Waals surface area contributed by atoms with Crippen LogP contribution in [0.1, 0.15) is 22.5 Å². The molecule has 0 aliphatic rings. The van der Waals surface area contributed by atoms with Gasteiger partial charge in [0.05, 0.1) is 11.9 Å². The fourth-order valence-electron chi connectivity index (χ4n) is 3.12. The Morgan fingerprint density at radius 2 is 1.74 bits per heavy atom. The SMILES string of the molecule is NC(=O)CCN(Cc1ccccc1)C(=O)c1csc(-c2cnn(-c3ccccc3)c2)n1. The predicted molar refractivity (Wildman–Crippen MR) is 120 cm³/mol. The first-order valence-corrected chi connectivity index (χ1v) is 10.7. The van der Waals surface area contributed by atoms with E-state index in [4.69, 9.17) is 5.73 Å². The van der Waals surface area contributed by atoms with Crippen LogP contribution in [0.15, 0.2) is 78.4 Å². The van der Waals surface area contributed by atoms with Crippen molar-refractivity contribution in [2.24, 2.45) is 5.73 Å². The van der Waals surface area contributed by atoms with E-state index in [-0.39, 0.29) is 18.9 Å². The van der Waals surface area contributed by atoms with Crippen molar-refractivity contribution in [3.8, 4) is 16.3 Å². The highest BCUT2D eigenvalue weighted by molar-refractivity contribution is 7.13. The molecule has 0 aliphatic heterocycles. The van der Waals surface area contributed by atoms with Crippen LogP contribution in [0.25, 0.3) is 16.3 Å². The van der Waals surface area contributed by atoms with Crippen LogP contribution in [-0.2, 0) is 11.3 Å². The van der Waals surface area contributed by atoms with E-state index < -0.39 is 5.91 Å². The highest BCUT2D eigenvalue weighted by atomic mass is 32.1. The molecule has 2 amide bonds. The van der Waals surface area contributed by atoms with E-state index in [9.17, 15) is 9.59 Å². The van der Waals surface area contributed by atoms with Gasteiger partial charge >= 0.3 is 0 Å². The molecule has 0 unspecified atom stereocenters. The summed E-state index contributed by atoms with van der Waals surface area (Å²) in [6, 6.07) is 19.4. The minimum Gasteiger partial charge on any atom is -0.370 e. The molecule has 8 heteroatoms. The van der Waals surface area contributed by atoms with Crippen LogP contribution >= 0.6 is 11.3 Å². The van der Waals surface area contributed by atoms with Gasteiger partial charge in [0.2, 0.25) is 5.91 Å². The van der Waals surface area contributed by atoms with Gasteiger partial charge in [0.25, 0.3) is 5.91 Å². The summed E-state index contributed by atoms with van der Waals surface area (Å²) in [7, 11) is 0. The fourth-order valence-corrected chi connectivity index (χ4v) is 3.89. The molecular weight excluding hydrogens is 410 g/mol. The lowest BCUT2D eigenvalue weighted by atomic mass is 10.2. The normalized spacial score (nSPS) is 10.7. The smallest absolute Gasteiger partial charge is 0.273 e. The Labute approximate surface area is 183 Å². The minimum atomic E-state index is -0.446. The number of nitrogens with two attached hydrogens (primary N) is 1. The van der Waals surface area contributed by atoms with Crippen molar-refractivity contribution in [2.45, 2.75) is 13.0 Å². The second-order valence-corrected chi connectivity index (χ2v) is 7.83. The highest BCUT2D eigenvalue weighted by Gasteiger charge is 2.20. The summed E-state index contributed by atoms with van der Waals surface area (Å²) in [4.78, 5) is 30.6. The molecule has 0 bridgehead atoms.